The van der Waals surface area contributed by atoms with Crippen LogP contribution in [0.5, 0.6) is 11.5 Å². The molecule has 0 radical (unpaired) electrons. The normalized spacial score (nSPS) is 18.1. The molecule has 0 aliphatic carbocycles. The summed E-state index contributed by atoms with van der Waals surface area (Å²) in [7, 11) is 0. The molecule has 32 heavy (non-hydrogen) atoms. The Balaban J connectivity index is 1.28. The van der Waals surface area contributed by atoms with Crippen LogP contribution in [0.3, 0.4) is 0 Å². The number of ether oxygens (including phenoxy) is 2. The Labute approximate surface area is 197 Å². The van der Waals surface area contributed by atoms with Crippen molar-refractivity contribution in [1.82, 2.24) is 19.9 Å². The topological polar surface area (TPSA) is 60.4 Å². The number of halogens is 1. The highest BCUT2D eigenvalue weighted by Crippen LogP contribution is 2.38. The van der Waals surface area contributed by atoms with Gasteiger partial charge in [0.2, 0.25) is 6.79 Å². The molecule has 0 N–H and O–H groups in total. The second-order valence-electron chi connectivity index (χ2n) is 8.20. The lowest BCUT2D eigenvalue weighted by molar-refractivity contribution is 0.173. The molecule has 1 atom stereocenters. The van der Waals surface area contributed by atoms with E-state index in [0.29, 0.717) is 5.92 Å². The third-order valence-electron chi connectivity index (χ3n) is 5.89. The van der Waals surface area contributed by atoms with Gasteiger partial charge in [0, 0.05) is 48.2 Å². The van der Waals surface area contributed by atoms with Crippen molar-refractivity contribution in [2.45, 2.75) is 43.1 Å². The van der Waals surface area contributed by atoms with E-state index in [9.17, 15) is 0 Å². The quantitative estimate of drug-likeness (QED) is 0.362. The van der Waals surface area contributed by atoms with Gasteiger partial charge in [-0.25, -0.2) is 9.97 Å². The highest BCUT2D eigenvalue weighted by atomic mass is 35.5. The minimum atomic E-state index is 0.259. The largest absolute Gasteiger partial charge is 0.454 e. The fourth-order valence-corrected chi connectivity index (χ4v) is 5.24. The van der Waals surface area contributed by atoms with Crippen LogP contribution in [-0.4, -0.2) is 39.7 Å². The van der Waals surface area contributed by atoms with Crippen LogP contribution in [0.1, 0.15) is 41.3 Å². The van der Waals surface area contributed by atoms with Crippen molar-refractivity contribution in [2.24, 2.45) is 0 Å². The lowest BCUT2D eigenvalue weighted by atomic mass is 9.92. The summed E-state index contributed by atoms with van der Waals surface area (Å²) >= 11 is 8.16. The fraction of sp³-hybridized carbons (Fsp3) is 0.375. The standard InChI is InChI=1S/C24H25ClN4O2S/c1-16-11-27-24(32-14-19-6-2-3-7-26-19)28-23(16)17-5-4-8-29(12-17)13-18-9-21-22(10-20(18)25)31-15-30-21/h2-3,6-7,9-11,17H,4-5,8,12-15H2,1H3. The van der Waals surface area contributed by atoms with Crippen LogP contribution >= 0.6 is 23.4 Å². The molecule has 166 valence electrons. The lowest BCUT2D eigenvalue weighted by Gasteiger charge is -2.33. The first-order valence-electron chi connectivity index (χ1n) is 10.8. The summed E-state index contributed by atoms with van der Waals surface area (Å²) < 4.78 is 11.0. The maximum Gasteiger partial charge on any atom is 0.231 e. The maximum atomic E-state index is 6.52. The Bertz CT molecular complexity index is 1100. The molecule has 5 rings (SSSR count). The Hall–Kier alpha value is -2.35. The molecular weight excluding hydrogens is 444 g/mol. The van der Waals surface area contributed by atoms with Gasteiger partial charge >= 0.3 is 0 Å². The highest BCUT2D eigenvalue weighted by molar-refractivity contribution is 7.98. The molecule has 1 saturated heterocycles. The van der Waals surface area contributed by atoms with Crippen LogP contribution in [0.2, 0.25) is 5.02 Å². The summed E-state index contributed by atoms with van der Waals surface area (Å²) in [6, 6.07) is 9.84. The van der Waals surface area contributed by atoms with Crippen molar-refractivity contribution in [1.29, 1.82) is 0 Å². The Kier molecular flexibility index (Phi) is 6.48. The second kappa shape index (κ2) is 9.65. The van der Waals surface area contributed by atoms with E-state index in [4.69, 9.17) is 26.1 Å². The number of hydrogen-bond acceptors (Lipinski definition) is 7. The minimum Gasteiger partial charge on any atom is -0.454 e. The smallest absolute Gasteiger partial charge is 0.231 e. The van der Waals surface area contributed by atoms with E-state index in [-0.39, 0.29) is 6.79 Å². The number of pyridine rings is 1. The lowest BCUT2D eigenvalue weighted by Crippen LogP contribution is -2.34. The summed E-state index contributed by atoms with van der Waals surface area (Å²) in [5.74, 6) is 2.65. The average Bonchev–Trinajstić information content (AvgIpc) is 3.27. The monoisotopic (exact) mass is 468 g/mol. The number of nitrogens with zero attached hydrogens (tertiary/aromatic N) is 4. The molecule has 0 spiro atoms. The van der Waals surface area contributed by atoms with Gasteiger partial charge in [0.1, 0.15) is 0 Å². The first-order valence-corrected chi connectivity index (χ1v) is 12.2. The van der Waals surface area contributed by atoms with E-state index in [1.807, 2.05) is 42.7 Å². The van der Waals surface area contributed by atoms with Crippen molar-refractivity contribution in [2.75, 3.05) is 19.9 Å². The minimum absolute atomic E-state index is 0.259. The SMILES string of the molecule is Cc1cnc(SCc2ccccn2)nc1C1CCCN(Cc2cc3c(cc2Cl)OCO3)C1. The maximum absolute atomic E-state index is 6.52. The number of rotatable bonds is 6. The third kappa shape index (κ3) is 4.85. The molecule has 0 amide bonds. The molecule has 8 heteroatoms. The van der Waals surface area contributed by atoms with Crippen LogP contribution in [0.15, 0.2) is 47.9 Å². The van der Waals surface area contributed by atoms with E-state index < -0.39 is 0 Å². The average molecular weight is 469 g/mol. The van der Waals surface area contributed by atoms with Crippen LogP contribution in [0, 0.1) is 6.92 Å². The van der Waals surface area contributed by atoms with Gasteiger partial charge in [0.05, 0.1) is 11.4 Å². The van der Waals surface area contributed by atoms with Gasteiger partial charge in [-0.15, -0.1) is 0 Å². The first-order chi connectivity index (χ1) is 15.7. The molecule has 4 heterocycles. The molecular formula is C24H25ClN4O2S. The number of likely N-dealkylation sites (tertiary alicyclic amines) is 1. The van der Waals surface area contributed by atoms with Crippen molar-refractivity contribution in [3.8, 4) is 11.5 Å². The Morgan fingerprint density at radius 3 is 2.91 bits per heavy atom. The molecule has 1 unspecified atom stereocenters. The summed E-state index contributed by atoms with van der Waals surface area (Å²) in [6.07, 6.45) is 6.04. The number of benzene rings is 1. The molecule has 2 aliphatic heterocycles. The zero-order valence-corrected chi connectivity index (χ0v) is 19.5. The Morgan fingerprint density at radius 2 is 2.06 bits per heavy atom. The molecule has 1 aromatic carbocycles. The first kappa shape index (κ1) is 21.5. The van der Waals surface area contributed by atoms with Crippen molar-refractivity contribution < 1.29 is 9.47 Å². The summed E-state index contributed by atoms with van der Waals surface area (Å²) in [5.41, 5.74) is 4.42. The summed E-state index contributed by atoms with van der Waals surface area (Å²) in [6.45, 7) is 5.15. The zero-order valence-electron chi connectivity index (χ0n) is 18.0. The number of fused-ring (bicyclic) bond motifs is 1. The predicted molar refractivity (Wildman–Crippen MR) is 125 cm³/mol. The fourth-order valence-electron chi connectivity index (χ4n) is 4.29. The number of thioether (sulfide) groups is 1. The number of aryl methyl sites for hydroxylation is 1. The molecule has 0 bridgehead atoms. The third-order valence-corrected chi connectivity index (χ3v) is 7.14. The van der Waals surface area contributed by atoms with Crippen LogP contribution in [0.25, 0.3) is 0 Å². The van der Waals surface area contributed by atoms with Gasteiger partial charge in [-0.2, -0.15) is 0 Å². The van der Waals surface area contributed by atoms with Gasteiger partial charge < -0.3 is 9.47 Å². The molecule has 3 aromatic rings. The molecule has 2 aliphatic rings. The summed E-state index contributed by atoms with van der Waals surface area (Å²) in [4.78, 5) is 16.3. The number of hydrogen-bond donors (Lipinski definition) is 0. The van der Waals surface area contributed by atoms with E-state index in [0.717, 1.165) is 82.4 Å². The molecule has 6 nitrogen and oxygen atoms in total. The Morgan fingerprint density at radius 1 is 1.19 bits per heavy atom. The van der Waals surface area contributed by atoms with Crippen molar-refractivity contribution in [3.63, 3.8) is 0 Å². The van der Waals surface area contributed by atoms with Crippen LogP contribution in [0.4, 0.5) is 0 Å². The van der Waals surface area contributed by atoms with Crippen LogP contribution in [-0.2, 0) is 12.3 Å². The summed E-state index contributed by atoms with van der Waals surface area (Å²) in [5, 5.41) is 1.54. The van der Waals surface area contributed by atoms with Crippen molar-refractivity contribution in [3.05, 3.63) is 70.3 Å². The van der Waals surface area contributed by atoms with E-state index >= 15 is 0 Å². The van der Waals surface area contributed by atoms with Crippen molar-refractivity contribution >= 4 is 23.4 Å². The number of aromatic nitrogens is 3. The molecule has 0 saturated carbocycles. The van der Waals surface area contributed by atoms with E-state index in [1.165, 1.54) is 0 Å². The van der Waals surface area contributed by atoms with Gasteiger partial charge in [0.15, 0.2) is 16.7 Å². The number of piperidine rings is 1. The zero-order chi connectivity index (χ0) is 21.9. The van der Waals surface area contributed by atoms with Crippen LogP contribution < -0.4 is 9.47 Å². The van der Waals surface area contributed by atoms with E-state index in [2.05, 4.69) is 21.8 Å². The van der Waals surface area contributed by atoms with Gasteiger partial charge in [-0.3, -0.25) is 9.88 Å². The highest BCUT2D eigenvalue weighted by Gasteiger charge is 2.26. The molecule has 2 aromatic heterocycles. The predicted octanol–water partition coefficient (Wildman–Crippen LogP) is 5.23. The molecule has 1 fully saturated rings. The second-order valence-corrected chi connectivity index (χ2v) is 9.55. The van der Waals surface area contributed by atoms with Gasteiger partial charge in [0.25, 0.3) is 0 Å². The van der Waals surface area contributed by atoms with Gasteiger partial charge in [-0.05, 0) is 55.6 Å². The van der Waals surface area contributed by atoms with Gasteiger partial charge in [-0.1, -0.05) is 29.4 Å². The van der Waals surface area contributed by atoms with E-state index in [1.54, 1.807) is 11.8 Å².